The number of thioether (sulfide) groups is 1. The highest BCUT2D eigenvalue weighted by atomic mass is 32.2. The summed E-state index contributed by atoms with van der Waals surface area (Å²) >= 11 is 6.75. The third-order valence-corrected chi connectivity index (χ3v) is 7.78. The van der Waals surface area contributed by atoms with Gasteiger partial charge in [0, 0.05) is 13.3 Å². The minimum atomic E-state index is -4.25. The number of nitrogens with zero attached hydrogens (tertiary/aromatic N) is 2. The molecule has 3 unspecified atom stereocenters. The van der Waals surface area contributed by atoms with Crippen molar-refractivity contribution in [2.75, 3.05) is 47.5 Å². The molecule has 0 amide bonds. The highest BCUT2D eigenvalue weighted by molar-refractivity contribution is 8.25. The summed E-state index contributed by atoms with van der Waals surface area (Å²) in [6, 6.07) is 9.32. The molecule has 0 aromatic heterocycles. The third-order valence-electron chi connectivity index (χ3n) is 5.10. The first kappa shape index (κ1) is 30.7. The van der Waals surface area contributed by atoms with Crippen molar-refractivity contribution >= 4 is 42.0 Å². The van der Waals surface area contributed by atoms with E-state index in [1.165, 1.54) is 11.8 Å². The average molecular weight is 532 g/mol. The summed E-state index contributed by atoms with van der Waals surface area (Å²) in [4.78, 5) is 26.7. The lowest BCUT2D eigenvalue weighted by atomic mass is 9.87. The number of carbonyl (C=O) groups is 1. The largest absolute Gasteiger partial charge is 0.472 e. The molecule has 1 aromatic carbocycles. The van der Waals surface area contributed by atoms with Gasteiger partial charge in [-0.2, -0.15) is 0 Å². The Morgan fingerprint density at radius 1 is 1.18 bits per heavy atom. The van der Waals surface area contributed by atoms with Crippen molar-refractivity contribution in [2.45, 2.75) is 43.9 Å². The number of quaternary nitrogens is 1. The fourth-order valence-electron chi connectivity index (χ4n) is 2.86. The zero-order valence-corrected chi connectivity index (χ0v) is 23.3. The molecule has 0 bridgehead atoms. The number of thiocarbonyl (C=S) groups is 1. The van der Waals surface area contributed by atoms with E-state index < -0.39 is 24.1 Å². The van der Waals surface area contributed by atoms with E-state index >= 15 is 0 Å². The highest BCUT2D eigenvalue weighted by Crippen LogP contribution is 2.43. The Kier molecular flexibility index (Phi) is 11.9. The predicted molar refractivity (Wildman–Crippen MR) is 140 cm³/mol. The zero-order chi connectivity index (χ0) is 26.0. The Labute approximate surface area is 213 Å². The van der Waals surface area contributed by atoms with E-state index in [-0.39, 0.29) is 26.2 Å². The number of esters is 1. The van der Waals surface area contributed by atoms with Crippen molar-refractivity contribution in [1.29, 1.82) is 0 Å². The lowest BCUT2D eigenvalue weighted by molar-refractivity contribution is -0.870. The number of phosphoric acid groups is 1. The van der Waals surface area contributed by atoms with Crippen LogP contribution in [0.3, 0.4) is 0 Å². The normalized spacial score (nSPS) is 17.0. The molecule has 0 heterocycles. The van der Waals surface area contributed by atoms with E-state index in [1.807, 2.05) is 58.4 Å². The fraction of sp³-hybridized carbons (Fsp3) is 0.609. The number of likely N-dealkylation sites (N-methyl/N-ethyl adjacent to an activating group) is 1. The van der Waals surface area contributed by atoms with Crippen LogP contribution in [0.4, 0.5) is 0 Å². The van der Waals surface area contributed by atoms with Crippen LogP contribution >= 0.6 is 31.8 Å². The van der Waals surface area contributed by atoms with Gasteiger partial charge in [-0.15, -0.1) is 0 Å². The second-order valence-corrected chi connectivity index (χ2v) is 13.0. The van der Waals surface area contributed by atoms with Gasteiger partial charge < -0.3 is 19.0 Å². The molecule has 0 saturated heterocycles. The minimum absolute atomic E-state index is 0.0505. The van der Waals surface area contributed by atoms with Crippen molar-refractivity contribution in [3.63, 3.8) is 0 Å². The van der Waals surface area contributed by atoms with Crippen molar-refractivity contribution < 1.29 is 32.5 Å². The minimum Gasteiger partial charge on any atom is -0.462 e. The first-order valence-electron chi connectivity index (χ1n) is 10.9. The van der Waals surface area contributed by atoms with E-state index in [1.54, 1.807) is 13.8 Å². The van der Waals surface area contributed by atoms with E-state index in [9.17, 15) is 14.3 Å². The lowest BCUT2D eigenvalue weighted by Gasteiger charge is -2.30. The van der Waals surface area contributed by atoms with Gasteiger partial charge in [0.1, 0.15) is 24.5 Å². The van der Waals surface area contributed by atoms with Crippen molar-refractivity contribution in [1.82, 2.24) is 0 Å². The Morgan fingerprint density at radius 2 is 1.76 bits per heavy atom. The predicted octanol–water partition coefficient (Wildman–Crippen LogP) is 4.72. The van der Waals surface area contributed by atoms with Gasteiger partial charge in [-0.1, -0.05) is 61.2 Å². The molecule has 3 atom stereocenters. The maximum atomic E-state index is 13.1. The van der Waals surface area contributed by atoms with Gasteiger partial charge in [-0.05, 0) is 12.5 Å². The molecule has 0 radical (unpaired) electrons. The number of phosphoric ester groups is 1. The van der Waals surface area contributed by atoms with Gasteiger partial charge in [-0.3, -0.25) is 13.8 Å². The van der Waals surface area contributed by atoms with Crippen LogP contribution < -0.4 is 0 Å². The molecule has 0 aliphatic carbocycles. The number of benzene rings is 1. The summed E-state index contributed by atoms with van der Waals surface area (Å²) in [5.74, 6) is -0.568. The van der Waals surface area contributed by atoms with Gasteiger partial charge >= 0.3 is 13.8 Å². The lowest BCUT2D eigenvalue weighted by Crippen LogP contribution is -2.41. The molecule has 190 valence electrons. The van der Waals surface area contributed by atoms with Crippen LogP contribution in [-0.4, -0.2) is 77.3 Å². The average Bonchev–Trinajstić information content (AvgIpc) is 2.75. The Morgan fingerprint density at radius 3 is 2.29 bits per heavy atom. The smallest absolute Gasteiger partial charge is 0.462 e. The summed E-state index contributed by atoms with van der Waals surface area (Å²) in [7, 11) is 1.55. The van der Waals surface area contributed by atoms with Crippen LogP contribution in [0, 0.1) is 6.57 Å². The first-order valence-corrected chi connectivity index (χ1v) is 13.6. The van der Waals surface area contributed by atoms with Crippen LogP contribution in [0.15, 0.2) is 30.3 Å². The highest BCUT2D eigenvalue weighted by Gasteiger charge is 2.46. The van der Waals surface area contributed by atoms with Crippen molar-refractivity contribution in [3.8, 4) is 0 Å². The first-order chi connectivity index (χ1) is 15.7. The molecule has 1 N–H and O–H groups in total. The molecule has 0 fully saturated rings. The number of rotatable bonds is 14. The summed E-state index contributed by atoms with van der Waals surface area (Å²) in [5.41, 5.74) is 0.0298. The van der Waals surface area contributed by atoms with Crippen LogP contribution in [0.1, 0.15) is 39.2 Å². The molecule has 11 heteroatoms. The summed E-state index contributed by atoms with van der Waals surface area (Å²) in [6.07, 6.45) is 0.781. The standard InChI is InChI=1S/C23H35N2O6PS2/c1-8-22(2,24-4)18-23(3,34-20(33)19-12-10-9-11-13-19)21(26)29-16-17-31-32(27,28)30-15-14-25(5,6)7/h9-13H,8,14-18H2,1-3,5-7H3/p+1. The maximum absolute atomic E-state index is 13.1. The van der Waals surface area contributed by atoms with Gasteiger partial charge in [0.2, 0.25) is 5.54 Å². The molecule has 0 aliphatic rings. The van der Waals surface area contributed by atoms with Crippen molar-refractivity contribution in [2.24, 2.45) is 0 Å². The fourth-order valence-corrected chi connectivity index (χ4v) is 5.43. The number of hydrogen-bond acceptors (Lipinski definition) is 7. The SMILES string of the molecule is [C-]#[N+]C(C)(CC)CC(C)(SC(=S)c1ccccc1)C(=O)OCCOP(=O)(O)OCC[N+](C)(C)C. The molecule has 1 aromatic rings. The van der Waals surface area contributed by atoms with E-state index in [0.717, 1.165) is 5.56 Å². The van der Waals surface area contributed by atoms with Crippen LogP contribution in [0.2, 0.25) is 0 Å². The molecule has 0 saturated carbocycles. The third kappa shape index (κ3) is 11.0. The van der Waals surface area contributed by atoms with E-state index in [2.05, 4.69) is 4.85 Å². The monoisotopic (exact) mass is 531 g/mol. The summed E-state index contributed by atoms with van der Waals surface area (Å²) < 4.78 is 27.2. The molecule has 34 heavy (non-hydrogen) atoms. The zero-order valence-electron chi connectivity index (χ0n) is 20.8. The van der Waals surface area contributed by atoms with E-state index in [4.69, 9.17) is 32.6 Å². The Balaban J connectivity index is 2.79. The molecular formula is C23H36N2O6PS2+. The maximum Gasteiger partial charge on any atom is 0.472 e. The van der Waals surface area contributed by atoms with E-state index in [0.29, 0.717) is 21.6 Å². The number of hydrogen-bond donors (Lipinski definition) is 1. The van der Waals surface area contributed by atoms with Crippen LogP contribution in [0.5, 0.6) is 0 Å². The number of carbonyl (C=O) groups excluding carboxylic acids is 1. The van der Waals surface area contributed by atoms with Gasteiger partial charge in [0.15, 0.2) is 0 Å². The summed E-state index contributed by atoms with van der Waals surface area (Å²) in [5, 5.41) is 0. The second kappa shape index (κ2) is 13.1. The van der Waals surface area contributed by atoms with Crippen LogP contribution in [-0.2, 0) is 23.1 Å². The second-order valence-electron chi connectivity index (χ2n) is 9.41. The number of ether oxygens (including phenoxy) is 1. The molecule has 0 aliphatic heterocycles. The van der Waals surface area contributed by atoms with Crippen molar-refractivity contribution in [3.05, 3.63) is 47.3 Å². The Bertz CT molecular complexity index is 918. The topological polar surface area (TPSA) is 86.4 Å². The summed E-state index contributed by atoms with van der Waals surface area (Å²) in [6.45, 7) is 13.0. The van der Waals surface area contributed by atoms with Gasteiger partial charge in [0.25, 0.3) is 0 Å². The van der Waals surface area contributed by atoms with Gasteiger partial charge in [0.05, 0.1) is 38.4 Å². The van der Waals surface area contributed by atoms with Crippen LogP contribution in [0.25, 0.3) is 4.85 Å². The quantitative estimate of drug-likeness (QED) is 0.0922. The molecular weight excluding hydrogens is 495 g/mol. The Hall–Kier alpha value is -1.31. The molecule has 1 rings (SSSR count). The molecule has 0 spiro atoms. The molecule has 8 nitrogen and oxygen atoms in total. The van der Waals surface area contributed by atoms with Gasteiger partial charge in [-0.25, -0.2) is 11.1 Å².